The second-order valence-corrected chi connectivity index (χ2v) is 6.26. The second-order valence-electron chi connectivity index (χ2n) is 6.26. The molecule has 1 saturated carbocycles. The van der Waals surface area contributed by atoms with Gasteiger partial charge in [0.15, 0.2) is 0 Å². The maximum atomic E-state index is 10.7. The van der Waals surface area contributed by atoms with Gasteiger partial charge in [-0.15, -0.1) is 0 Å². The first-order valence-corrected chi connectivity index (χ1v) is 6.29. The smallest absolute Gasteiger partial charge is 0.320 e. The van der Waals surface area contributed by atoms with Gasteiger partial charge in [-0.25, -0.2) is 0 Å². The van der Waals surface area contributed by atoms with E-state index in [4.69, 9.17) is 10.8 Å². The zero-order chi connectivity index (χ0) is 12.3. The Labute approximate surface area is 98.4 Å². The standard InChI is InChI=1S/C13H25NO2/c1-13(2,3)10-6-4-9(5-7-10)8-11(14)12(15)16/h9-11H,4-8,14H2,1-3H3,(H,15,16)/t9?,10?,11-/m0/s1. The molecule has 0 saturated heterocycles. The second kappa shape index (κ2) is 5.17. The molecule has 3 nitrogen and oxygen atoms in total. The maximum Gasteiger partial charge on any atom is 0.320 e. The molecule has 0 amide bonds. The summed E-state index contributed by atoms with van der Waals surface area (Å²) < 4.78 is 0. The van der Waals surface area contributed by atoms with Gasteiger partial charge < -0.3 is 10.8 Å². The van der Waals surface area contributed by atoms with Crippen LogP contribution in [0, 0.1) is 17.3 Å². The van der Waals surface area contributed by atoms with E-state index in [9.17, 15) is 4.79 Å². The Kier molecular flexibility index (Phi) is 4.36. The van der Waals surface area contributed by atoms with Crippen molar-refractivity contribution >= 4 is 5.97 Å². The third kappa shape index (κ3) is 3.78. The van der Waals surface area contributed by atoms with Crippen LogP contribution in [0.5, 0.6) is 0 Å². The number of aliphatic carboxylic acids is 1. The molecule has 0 aromatic rings. The monoisotopic (exact) mass is 227 g/mol. The molecule has 0 heterocycles. The molecule has 16 heavy (non-hydrogen) atoms. The molecule has 3 heteroatoms. The van der Waals surface area contributed by atoms with Gasteiger partial charge in [0.25, 0.3) is 0 Å². The van der Waals surface area contributed by atoms with E-state index in [1.165, 1.54) is 12.8 Å². The lowest BCUT2D eigenvalue weighted by atomic mass is 9.69. The molecule has 0 radical (unpaired) electrons. The van der Waals surface area contributed by atoms with Gasteiger partial charge in [0.1, 0.15) is 6.04 Å². The van der Waals surface area contributed by atoms with Gasteiger partial charge in [0, 0.05) is 0 Å². The molecule has 1 aliphatic carbocycles. The van der Waals surface area contributed by atoms with Crippen molar-refractivity contribution in [3.63, 3.8) is 0 Å². The fraction of sp³-hybridized carbons (Fsp3) is 0.923. The van der Waals surface area contributed by atoms with Gasteiger partial charge in [-0.3, -0.25) is 4.79 Å². The van der Waals surface area contributed by atoms with Crippen LogP contribution in [0.15, 0.2) is 0 Å². The number of rotatable bonds is 3. The summed E-state index contributed by atoms with van der Waals surface area (Å²) in [5.74, 6) is 0.437. The first-order valence-electron chi connectivity index (χ1n) is 6.29. The molecule has 1 rings (SSSR count). The van der Waals surface area contributed by atoms with Crippen LogP contribution in [0.1, 0.15) is 52.9 Å². The highest BCUT2D eigenvalue weighted by Crippen LogP contribution is 2.40. The molecule has 94 valence electrons. The Hall–Kier alpha value is -0.570. The third-order valence-corrected chi connectivity index (χ3v) is 3.98. The summed E-state index contributed by atoms with van der Waals surface area (Å²) in [6, 6.07) is -0.670. The fourth-order valence-corrected chi connectivity index (χ4v) is 2.72. The van der Waals surface area contributed by atoms with Gasteiger partial charge in [-0.05, 0) is 36.5 Å². The molecule has 0 aliphatic heterocycles. The summed E-state index contributed by atoms with van der Waals surface area (Å²) in [7, 11) is 0. The van der Waals surface area contributed by atoms with Crippen LogP contribution >= 0.6 is 0 Å². The molecule has 1 aliphatic rings. The highest BCUT2D eigenvalue weighted by atomic mass is 16.4. The molecular formula is C13H25NO2. The lowest BCUT2D eigenvalue weighted by Gasteiger charge is -2.37. The van der Waals surface area contributed by atoms with Crippen LogP contribution in [0.4, 0.5) is 0 Å². The lowest BCUT2D eigenvalue weighted by Crippen LogP contribution is -2.34. The minimum absolute atomic E-state index is 0.389. The highest BCUT2D eigenvalue weighted by Gasteiger charge is 2.30. The summed E-state index contributed by atoms with van der Waals surface area (Å²) >= 11 is 0. The minimum atomic E-state index is -0.863. The van der Waals surface area contributed by atoms with Crippen molar-refractivity contribution in [3.05, 3.63) is 0 Å². The minimum Gasteiger partial charge on any atom is -0.480 e. The Morgan fingerprint density at radius 2 is 1.81 bits per heavy atom. The molecule has 0 aromatic carbocycles. The first-order chi connectivity index (χ1) is 7.30. The van der Waals surface area contributed by atoms with Crippen molar-refractivity contribution in [1.29, 1.82) is 0 Å². The van der Waals surface area contributed by atoms with Crippen LogP contribution in [0.25, 0.3) is 0 Å². The van der Waals surface area contributed by atoms with Gasteiger partial charge in [-0.1, -0.05) is 33.6 Å². The first kappa shape index (κ1) is 13.5. The number of nitrogens with two attached hydrogens (primary N) is 1. The topological polar surface area (TPSA) is 63.3 Å². The van der Waals surface area contributed by atoms with Crippen molar-refractivity contribution in [2.45, 2.75) is 58.9 Å². The van der Waals surface area contributed by atoms with E-state index in [1.807, 2.05) is 0 Å². The maximum absolute atomic E-state index is 10.7. The largest absolute Gasteiger partial charge is 0.480 e. The van der Waals surface area contributed by atoms with Gasteiger partial charge in [0.05, 0.1) is 0 Å². The molecular weight excluding hydrogens is 202 g/mol. The number of hydrogen-bond donors (Lipinski definition) is 2. The summed E-state index contributed by atoms with van der Waals surface area (Å²) in [6.07, 6.45) is 5.37. The van der Waals surface area contributed by atoms with Crippen molar-refractivity contribution in [1.82, 2.24) is 0 Å². The molecule has 0 bridgehead atoms. The molecule has 3 N–H and O–H groups in total. The Morgan fingerprint density at radius 1 is 1.31 bits per heavy atom. The van der Waals surface area contributed by atoms with E-state index >= 15 is 0 Å². The van der Waals surface area contributed by atoms with Crippen molar-refractivity contribution in [2.24, 2.45) is 23.0 Å². The van der Waals surface area contributed by atoms with E-state index in [0.29, 0.717) is 17.8 Å². The van der Waals surface area contributed by atoms with Gasteiger partial charge in [-0.2, -0.15) is 0 Å². The predicted molar refractivity (Wildman–Crippen MR) is 65.1 cm³/mol. The molecule has 1 fully saturated rings. The van der Waals surface area contributed by atoms with Crippen LogP contribution in [0.3, 0.4) is 0 Å². The fourth-order valence-electron chi connectivity index (χ4n) is 2.72. The van der Waals surface area contributed by atoms with E-state index in [0.717, 1.165) is 18.8 Å². The zero-order valence-corrected chi connectivity index (χ0v) is 10.7. The van der Waals surface area contributed by atoms with E-state index in [-0.39, 0.29) is 0 Å². The van der Waals surface area contributed by atoms with Gasteiger partial charge >= 0.3 is 5.97 Å². The van der Waals surface area contributed by atoms with Crippen molar-refractivity contribution < 1.29 is 9.90 Å². The van der Waals surface area contributed by atoms with Crippen molar-refractivity contribution in [2.75, 3.05) is 0 Å². The number of carbonyl (C=O) groups is 1. The molecule has 0 aromatic heterocycles. The molecule has 0 unspecified atom stereocenters. The number of carboxylic acid groups (broad SMARTS) is 1. The summed E-state index contributed by atoms with van der Waals surface area (Å²) in [6.45, 7) is 6.88. The summed E-state index contributed by atoms with van der Waals surface area (Å²) in [5.41, 5.74) is 5.96. The average molecular weight is 227 g/mol. The predicted octanol–water partition coefficient (Wildman–Crippen LogP) is 2.64. The quantitative estimate of drug-likeness (QED) is 0.779. The Balaban J connectivity index is 2.35. The third-order valence-electron chi connectivity index (χ3n) is 3.98. The average Bonchev–Trinajstić information content (AvgIpc) is 2.17. The molecule has 0 spiro atoms. The van der Waals surface area contributed by atoms with Crippen LogP contribution < -0.4 is 5.73 Å². The van der Waals surface area contributed by atoms with Gasteiger partial charge in [0.2, 0.25) is 0 Å². The molecule has 1 atom stereocenters. The highest BCUT2D eigenvalue weighted by molar-refractivity contribution is 5.73. The van der Waals surface area contributed by atoms with E-state index < -0.39 is 12.0 Å². The zero-order valence-electron chi connectivity index (χ0n) is 10.7. The van der Waals surface area contributed by atoms with Crippen LogP contribution in [-0.4, -0.2) is 17.1 Å². The number of hydrogen-bond acceptors (Lipinski definition) is 2. The SMILES string of the molecule is CC(C)(C)C1CCC(C[C@H](N)C(=O)O)CC1. The van der Waals surface area contributed by atoms with Crippen LogP contribution in [-0.2, 0) is 4.79 Å². The summed E-state index contributed by atoms with van der Waals surface area (Å²) in [5, 5.41) is 8.77. The Morgan fingerprint density at radius 3 is 2.19 bits per heavy atom. The number of carboxylic acids is 1. The van der Waals surface area contributed by atoms with Crippen molar-refractivity contribution in [3.8, 4) is 0 Å². The van der Waals surface area contributed by atoms with Crippen LogP contribution in [0.2, 0.25) is 0 Å². The summed E-state index contributed by atoms with van der Waals surface area (Å²) in [4.78, 5) is 10.7. The van der Waals surface area contributed by atoms with E-state index in [1.54, 1.807) is 0 Å². The Bertz CT molecular complexity index is 237. The normalized spacial score (nSPS) is 28.8. The van der Waals surface area contributed by atoms with E-state index in [2.05, 4.69) is 20.8 Å². The lowest BCUT2D eigenvalue weighted by molar-refractivity contribution is -0.139.